The van der Waals surface area contributed by atoms with E-state index in [0.29, 0.717) is 12.8 Å². The number of likely N-dealkylation sites (N-methyl/N-ethyl adjacent to an activating group) is 2. The number of nitrogens with zero attached hydrogens (tertiary/aromatic N) is 2. The van der Waals surface area contributed by atoms with Crippen molar-refractivity contribution in [3.63, 3.8) is 0 Å². The second-order valence-corrected chi connectivity index (χ2v) is 19.7. The normalized spacial score (nSPS) is 21.8. The van der Waals surface area contributed by atoms with Crippen LogP contribution in [-0.4, -0.2) is 133 Å². The first-order chi connectivity index (χ1) is 35.6. The van der Waals surface area contributed by atoms with Crippen LogP contribution in [0, 0.1) is 24.7 Å². The van der Waals surface area contributed by atoms with E-state index in [1.807, 2.05) is 48.5 Å². The topological polar surface area (TPSA) is 239 Å². The lowest BCUT2D eigenvalue weighted by Gasteiger charge is -2.31. The zero-order chi connectivity index (χ0) is 53.1. The predicted octanol–water partition coefficient (Wildman–Crippen LogP) is 2.55. The number of hydrogen-bond donors (Lipinski definition) is 8. The van der Waals surface area contributed by atoms with Crippen molar-refractivity contribution in [3.05, 3.63) is 106 Å². The molecule has 406 valence electrons. The van der Waals surface area contributed by atoms with Crippen LogP contribution >= 0.6 is 24.8 Å². The third-order valence-corrected chi connectivity index (χ3v) is 14.8. The minimum absolute atomic E-state index is 0. The van der Waals surface area contributed by atoms with Gasteiger partial charge in [-0.15, -0.1) is 49.5 Å². The van der Waals surface area contributed by atoms with Crippen molar-refractivity contribution < 1.29 is 38.4 Å². The second kappa shape index (κ2) is 27.7. The van der Waals surface area contributed by atoms with Gasteiger partial charge in [0.25, 0.3) is 11.8 Å². The highest BCUT2D eigenvalue weighted by Gasteiger charge is 2.45. The minimum Gasteiger partial charge on any atom is -0.347 e. The smallest absolute Gasteiger partial charge is 0.251 e. The average Bonchev–Trinajstić information content (AvgIpc) is 4.05. The lowest BCUT2D eigenvalue weighted by molar-refractivity contribution is -0.141. The van der Waals surface area contributed by atoms with Crippen molar-refractivity contribution in [2.75, 3.05) is 27.2 Å². The first-order valence-corrected chi connectivity index (χ1v) is 25.6. The molecule has 8 N–H and O–H groups in total. The Bertz CT molecular complexity index is 2510. The molecule has 18 nitrogen and oxygen atoms in total. The van der Waals surface area contributed by atoms with Crippen LogP contribution in [0.1, 0.15) is 120 Å². The van der Waals surface area contributed by atoms with Gasteiger partial charge in [0.2, 0.25) is 35.4 Å². The van der Waals surface area contributed by atoms with Gasteiger partial charge >= 0.3 is 0 Å². The first-order valence-electron chi connectivity index (χ1n) is 25.6. The maximum Gasteiger partial charge on any atom is 0.251 e. The molecule has 0 radical (unpaired) electrons. The summed E-state index contributed by atoms with van der Waals surface area (Å²) in [6, 6.07) is 14.4. The number of rotatable bonds is 18. The number of carbonyl (C=O) groups is 8. The van der Waals surface area contributed by atoms with Crippen LogP contribution in [0.5, 0.6) is 0 Å². The maximum atomic E-state index is 14.3. The quantitative estimate of drug-likeness (QED) is 0.0867. The molecular weight excluding hydrogens is 1010 g/mol. The molecule has 10 atom stereocenters. The molecule has 0 aromatic heterocycles. The molecule has 2 fully saturated rings. The number of terminal acetylenes is 2. The van der Waals surface area contributed by atoms with Gasteiger partial charge in [0.15, 0.2) is 0 Å². The van der Waals surface area contributed by atoms with Gasteiger partial charge in [-0.2, -0.15) is 0 Å². The Morgan fingerprint density at radius 2 is 0.934 bits per heavy atom. The lowest BCUT2D eigenvalue weighted by Crippen LogP contribution is -2.55. The monoisotopic (exact) mass is 1080 g/mol. The van der Waals surface area contributed by atoms with Crippen molar-refractivity contribution in [2.24, 2.45) is 0 Å². The molecule has 0 unspecified atom stereocenters. The summed E-state index contributed by atoms with van der Waals surface area (Å²) in [5, 5.41) is 23.4. The Morgan fingerprint density at radius 1 is 0.566 bits per heavy atom. The molecule has 2 aliphatic heterocycles. The highest BCUT2D eigenvalue weighted by atomic mass is 35.5. The van der Waals surface area contributed by atoms with Crippen LogP contribution < -0.4 is 42.5 Å². The molecule has 2 saturated heterocycles. The Labute approximate surface area is 457 Å². The number of halogens is 2. The molecule has 2 heterocycles. The summed E-state index contributed by atoms with van der Waals surface area (Å²) in [5.41, 5.74) is 4.74. The molecule has 4 aliphatic rings. The van der Waals surface area contributed by atoms with E-state index in [9.17, 15) is 38.4 Å². The first kappa shape index (κ1) is 59.9. The fourth-order valence-corrected chi connectivity index (χ4v) is 10.4. The molecule has 7 rings (SSSR count). The van der Waals surface area contributed by atoms with E-state index in [1.165, 1.54) is 34.1 Å². The number of hydrogen-bond acceptors (Lipinski definition) is 10. The Balaban J connectivity index is 0.00000533. The summed E-state index contributed by atoms with van der Waals surface area (Å²) in [6.45, 7) is 3.20. The van der Waals surface area contributed by atoms with E-state index in [0.717, 1.165) is 47.9 Å². The fraction of sp³-hybridized carbons (Fsp3) is 0.464. The Morgan fingerprint density at radius 3 is 1.29 bits per heavy atom. The third-order valence-electron chi connectivity index (χ3n) is 14.8. The average molecular weight is 1080 g/mol. The summed E-state index contributed by atoms with van der Waals surface area (Å²) in [6.07, 6.45) is 16.2. The van der Waals surface area contributed by atoms with Crippen LogP contribution in [0.4, 0.5) is 0 Å². The number of carbonyl (C=O) groups excluding carboxylic acids is 8. The van der Waals surface area contributed by atoms with E-state index >= 15 is 0 Å². The van der Waals surface area contributed by atoms with Crippen LogP contribution in [0.15, 0.2) is 72.8 Å². The lowest BCUT2D eigenvalue weighted by atomic mass is 9.87. The second-order valence-electron chi connectivity index (χ2n) is 19.7. The molecule has 8 amide bonds. The molecule has 76 heavy (non-hydrogen) atoms. The van der Waals surface area contributed by atoms with Gasteiger partial charge in [-0.25, -0.2) is 0 Å². The number of nitrogens with one attached hydrogen (secondary N) is 8. The highest BCUT2D eigenvalue weighted by Crippen LogP contribution is 2.32. The van der Waals surface area contributed by atoms with Crippen LogP contribution in [0.3, 0.4) is 0 Å². The standard InChI is InChI=1S/C56H68N10O8.2ClH/c1-7-15-45(63-49(67)33(3)57-5)55(73)65-31-39(29-47(65)53(71)61-43-23-13-19-35-17-9-11-21-41(35)43)59-51(69)37-25-27-38(28-26-37)52(70)60-40-30-48(54(72)62-44-24-14-20-36-18-10-12-22-42(36)44)66(32-40)56(74)46(16-8-2)64-50(68)34(4)58-6;;/h1-2,9-12,17-18,21-22,25-28,33-34,39-40,43-48,57-58H,13-16,19-20,23-24,29-32H2,3-6H3,(H,59,69)(H,60,70)(H,61,71)(H,62,72)(H,63,67)(H,64,68);2*1H/t33-,34-,39-,40-,43+,44+,45-,46-,47-,48-;;/m0../s1. The summed E-state index contributed by atoms with van der Waals surface area (Å²) in [5.74, 6) is 1.15. The molecular formula is C56H70Cl2N10O8. The molecule has 3 aromatic carbocycles. The fourth-order valence-electron chi connectivity index (χ4n) is 10.4. The van der Waals surface area contributed by atoms with Gasteiger partial charge < -0.3 is 52.3 Å². The number of likely N-dealkylation sites (tertiary alicyclic amines) is 2. The van der Waals surface area contributed by atoms with Gasteiger partial charge in [0.05, 0.1) is 24.2 Å². The van der Waals surface area contributed by atoms with Gasteiger partial charge in [0, 0.05) is 49.1 Å². The van der Waals surface area contributed by atoms with E-state index in [4.69, 9.17) is 12.8 Å². The van der Waals surface area contributed by atoms with E-state index in [2.05, 4.69) is 54.4 Å². The van der Waals surface area contributed by atoms with Gasteiger partial charge in [-0.3, -0.25) is 38.4 Å². The molecule has 0 saturated carbocycles. The summed E-state index contributed by atoms with van der Waals surface area (Å²) >= 11 is 0. The summed E-state index contributed by atoms with van der Waals surface area (Å²) in [7, 11) is 3.23. The summed E-state index contributed by atoms with van der Waals surface area (Å²) in [4.78, 5) is 113. The van der Waals surface area contributed by atoms with Crippen molar-refractivity contribution in [1.82, 2.24) is 52.3 Å². The highest BCUT2D eigenvalue weighted by molar-refractivity contribution is 5.99. The Hall–Kier alpha value is -6.96. The van der Waals surface area contributed by atoms with Crippen molar-refractivity contribution in [1.29, 1.82) is 0 Å². The number of aryl methyl sites for hydroxylation is 2. The predicted molar refractivity (Wildman–Crippen MR) is 292 cm³/mol. The number of benzene rings is 3. The molecule has 0 bridgehead atoms. The number of amides is 8. The zero-order valence-electron chi connectivity index (χ0n) is 43.3. The molecule has 20 heteroatoms. The third kappa shape index (κ3) is 14.3. The van der Waals surface area contributed by atoms with Crippen molar-refractivity contribution in [2.45, 2.75) is 138 Å². The molecule has 0 spiro atoms. The SMILES string of the molecule is C#CC[C@H](NC(=O)[C@H](C)NC)C(=O)N1C[C@@H](NC(=O)c2ccc(C(=O)N[C@H]3C[C@@H](C(=O)N[C@@H]4CCCc5ccccc54)N(C(=O)[C@H](CC#C)NC(=O)[C@H](C)NC)C3)cc2)C[C@H]1C(=O)N[C@@H]1CCCc2ccccc21.Cl.Cl. The van der Waals surface area contributed by atoms with E-state index in [-0.39, 0.29) is 86.8 Å². The van der Waals surface area contributed by atoms with Crippen molar-refractivity contribution >= 4 is 72.1 Å². The van der Waals surface area contributed by atoms with Crippen molar-refractivity contribution in [3.8, 4) is 24.7 Å². The molecule has 3 aromatic rings. The van der Waals surface area contributed by atoms with Crippen LogP contribution in [0.25, 0.3) is 0 Å². The zero-order valence-corrected chi connectivity index (χ0v) is 45.0. The largest absolute Gasteiger partial charge is 0.347 e. The maximum absolute atomic E-state index is 14.3. The number of fused-ring (bicyclic) bond motifs is 2. The van der Waals surface area contributed by atoms with Crippen LogP contribution in [-0.2, 0) is 41.6 Å². The molecule has 2 aliphatic carbocycles. The summed E-state index contributed by atoms with van der Waals surface area (Å²) < 4.78 is 0. The van der Waals surface area contributed by atoms with Crippen LogP contribution in [0.2, 0.25) is 0 Å². The van der Waals surface area contributed by atoms with E-state index < -0.39 is 95.6 Å². The minimum atomic E-state index is -1.12. The van der Waals surface area contributed by atoms with Gasteiger partial charge in [-0.05, 0) is 126 Å². The Kier molecular flexibility index (Phi) is 21.8. The van der Waals surface area contributed by atoms with Gasteiger partial charge in [-0.1, -0.05) is 48.5 Å². The van der Waals surface area contributed by atoms with E-state index in [1.54, 1.807) is 27.9 Å². The van der Waals surface area contributed by atoms with Gasteiger partial charge in [0.1, 0.15) is 24.2 Å².